The van der Waals surface area contributed by atoms with E-state index in [9.17, 15) is 4.79 Å². The van der Waals surface area contributed by atoms with Crippen molar-refractivity contribution in [2.24, 2.45) is 0 Å². The van der Waals surface area contributed by atoms with Crippen molar-refractivity contribution < 1.29 is 9.53 Å². The first-order chi connectivity index (χ1) is 7.83. The first-order valence-electron chi connectivity index (χ1n) is 4.68. The first-order valence-corrected chi connectivity index (χ1v) is 4.68. The number of carbonyl (C=O) groups excluding carboxylic acids is 1. The molecule has 2 aromatic rings. The van der Waals surface area contributed by atoms with Crippen LogP contribution in [0.3, 0.4) is 0 Å². The molecule has 1 N–H and O–H groups in total. The number of ether oxygens (including phenoxy) is 1. The van der Waals surface area contributed by atoms with E-state index in [1.54, 1.807) is 25.4 Å². The van der Waals surface area contributed by atoms with Gasteiger partial charge in [0.05, 0.1) is 6.61 Å². The summed E-state index contributed by atoms with van der Waals surface area (Å²) in [5, 5.41) is 9.90. The van der Waals surface area contributed by atoms with Gasteiger partial charge in [-0.2, -0.15) is 10.3 Å². The van der Waals surface area contributed by atoms with Crippen LogP contribution < -0.4 is 0 Å². The van der Waals surface area contributed by atoms with Gasteiger partial charge in [0, 0.05) is 12.4 Å². The van der Waals surface area contributed by atoms with Crippen LogP contribution in [0.15, 0.2) is 18.5 Å². The predicted octanol–water partition coefficient (Wildman–Crippen LogP) is 0.438. The monoisotopic (exact) mass is 219 g/mol. The van der Waals surface area contributed by atoms with Crippen LogP contribution in [0.25, 0.3) is 11.5 Å². The Kier molecular flexibility index (Phi) is 2.86. The zero-order chi connectivity index (χ0) is 11.4. The number of hydrogen-bond acceptors (Lipinski definition) is 6. The number of hydrogen-bond donors (Lipinski definition) is 1. The normalized spacial score (nSPS) is 10.1. The summed E-state index contributed by atoms with van der Waals surface area (Å²) >= 11 is 0. The lowest BCUT2D eigenvalue weighted by Gasteiger charge is -1.99. The molecule has 7 nitrogen and oxygen atoms in total. The van der Waals surface area contributed by atoms with E-state index in [1.165, 1.54) is 0 Å². The Hall–Kier alpha value is -2.31. The van der Waals surface area contributed by atoms with E-state index in [0.29, 0.717) is 11.5 Å². The zero-order valence-corrected chi connectivity index (χ0v) is 8.54. The number of esters is 1. The summed E-state index contributed by atoms with van der Waals surface area (Å²) in [6.07, 6.45) is 3.12. The van der Waals surface area contributed by atoms with E-state index in [0.717, 1.165) is 0 Å². The third-order valence-corrected chi connectivity index (χ3v) is 1.79. The van der Waals surface area contributed by atoms with Crippen molar-refractivity contribution in [3.63, 3.8) is 0 Å². The summed E-state index contributed by atoms with van der Waals surface area (Å²) in [5.41, 5.74) is 0.382. The van der Waals surface area contributed by atoms with Crippen molar-refractivity contribution in [1.82, 2.24) is 25.4 Å². The van der Waals surface area contributed by atoms with Gasteiger partial charge in [-0.3, -0.25) is 0 Å². The molecule has 0 amide bonds. The summed E-state index contributed by atoms with van der Waals surface area (Å²) in [5.74, 6) is -0.210. The van der Waals surface area contributed by atoms with Crippen LogP contribution in [-0.2, 0) is 4.74 Å². The molecule has 16 heavy (non-hydrogen) atoms. The summed E-state index contributed by atoms with van der Waals surface area (Å²) in [4.78, 5) is 19.5. The smallest absolute Gasteiger partial charge is 0.361 e. The highest BCUT2D eigenvalue weighted by molar-refractivity contribution is 5.92. The van der Waals surface area contributed by atoms with Crippen molar-refractivity contribution in [2.45, 2.75) is 6.92 Å². The fourth-order valence-electron chi connectivity index (χ4n) is 1.15. The Labute approximate surface area is 90.9 Å². The molecule has 2 aromatic heterocycles. The molecule has 0 saturated heterocycles. The number of H-pyrrole nitrogens is 1. The minimum Gasteiger partial charge on any atom is -0.461 e. The van der Waals surface area contributed by atoms with Gasteiger partial charge in [-0.15, -0.1) is 5.10 Å². The zero-order valence-electron chi connectivity index (χ0n) is 8.54. The lowest BCUT2D eigenvalue weighted by Crippen LogP contribution is -2.07. The minimum absolute atomic E-state index is 0.0908. The lowest BCUT2D eigenvalue weighted by molar-refractivity contribution is 0.0520. The molecule has 0 atom stereocenters. The van der Waals surface area contributed by atoms with E-state index in [2.05, 4.69) is 25.4 Å². The fourth-order valence-corrected chi connectivity index (χ4v) is 1.15. The van der Waals surface area contributed by atoms with Gasteiger partial charge in [0.2, 0.25) is 5.69 Å². The van der Waals surface area contributed by atoms with Gasteiger partial charge >= 0.3 is 5.97 Å². The Balaban J connectivity index is 2.37. The third-order valence-electron chi connectivity index (χ3n) is 1.79. The van der Waals surface area contributed by atoms with Crippen LogP contribution >= 0.6 is 0 Å². The molecule has 0 fully saturated rings. The SMILES string of the molecule is CCOC(=O)c1n[nH]nc1-c1ncccn1. The maximum atomic E-state index is 11.5. The molecule has 0 unspecified atom stereocenters. The van der Waals surface area contributed by atoms with Crippen molar-refractivity contribution in [1.29, 1.82) is 0 Å². The molecular weight excluding hydrogens is 210 g/mol. The molecule has 7 heteroatoms. The van der Waals surface area contributed by atoms with Crippen LogP contribution in [0, 0.1) is 0 Å². The van der Waals surface area contributed by atoms with Crippen LogP contribution in [-0.4, -0.2) is 38.0 Å². The van der Waals surface area contributed by atoms with Gasteiger partial charge in [0.1, 0.15) is 0 Å². The number of aromatic amines is 1. The second-order valence-corrected chi connectivity index (χ2v) is 2.81. The highest BCUT2D eigenvalue weighted by Crippen LogP contribution is 2.14. The Morgan fingerprint density at radius 1 is 1.38 bits per heavy atom. The summed E-state index contributed by atoms with van der Waals surface area (Å²) in [7, 11) is 0. The molecule has 2 rings (SSSR count). The molecule has 0 bridgehead atoms. The largest absolute Gasteiger partial charge is 0.461 e. The molecule has 2 heterocycles. The molecule has 0 spiro atoms. The van der Waals surface area contributed by atoms with E-state index in [4.69, 9.17) is 4.74 Å². The molecule has 0 aromatic carbocycles. The quantitative estimate of drug-likeness (QED) is 0.752. The summed E-state index contributed by atoms with van der Waals surface area (Å²) in [6, 6.07) is 1.67. The highest BCUT2D eigenvalue weighted by Gasteiger charge is 2.20. The number of rotatable bonds is 3. The fraction of sp³-hybridized carbons (Fsp3) is 0.222. The van der Waals surface area contributed by atoms with Crippen molar-refractivity contribution >= 4 is 5.97 Å². The lowest BCUT2D eigenvalue weighted by atomic mass is 10.3. The van der Waals surface area contributed by atoms with Crippen molar-refractivity contribution in [2.75, 3.05) is 6.61 Å². The van der Waals surface area contributed by atoms with Crippen LogP contribution in [0.2, 0.25) is 0 Å². The maximum Gasteiger partial charge on any atom is 0.361 e. The predicted molar refractivity (Wildman–Crippen MR) is 53.4 cm³/mol. The van der Waals surface area contributed by atoms with Gasteiger partial charge < -0.3 is 4.74 Å². The third kappa shape index (κ3) is 1.88. The maximum absolute atomic E-state index is 11.5. The molecule has 0 aliphatic carbocycles. The van der Waals surface area contributed by atoms with Crippen molar-refractivity contribution in [3.05, 3.63) is 24.2 Å². The van der Waals surface area contributed by atoms with Crippen LogP contribution in [0.4, 0.5) is 0 Å². The van der Waals surface area contributed by atoms with Gasteiger partial charge in [-0.1, -0.05) is 0 Å². The standard InChI is InChI=1S/C9H9N5O2/c1-2-16-9(15)7-6(12-14-13-7)8-10-4-3-5-11-8/h3-5H,2H2,1H3,(H,12,13,14). The Morgan fingerprint density at radius 3 is 2.81 bits per heavy atom. The van der Waals surface area contributed by atoms with Gasteiger partial charge in [0.15, 0.2) is 11.5 Å². The van der Waals surface area contributed by atoms with Gasteiger partial charge in [0.25, 0.3) is 0 Å². The highest BCUT2D eigenvalue weighted by atomic mass is 16.5. The molecule has 0 radical (unpaired) electrons. The van der Waals surface area contributed by atoms with Gasteiger partial charge in [-0.25, -0.2) is 14.8 Å². The second kappa shape index (κ2) is 4.47. The molecule has 0 saturated carbocycles. The molecule has 0 aliphatic rings. The van der Waals surface area contributed by atoms with E-state index in [1.807, 2.05) is 0 Å². The van der Waals surface area contributed by atoms with E-state index < -0.39 is 5.97 Å². The Morgan fingerprint density at radius 2 is 2.12 bits per heavy atom. The number of aromatic nitrogens is 5. The second-order valence-electron chi connectivity index (χ2n) is 2.81. The topological polar surface area (TPSA) is 93.7 Å². The number of nitrogens with one attached hydrogen (secondary N) is 1. The first kappa shape index (κ1) is 10.2. The van der Waals surface area contributed by atoms with Crippen LogP contribution in [0.5, 0.6) is 0 Å². The number of carbonyl (C=O) groups is 1. The van der Waals surface area contributed by atoms with Gasteiger partial charge in [-0.05, 0) is 13.0 Å². The average Bonchev–Trinajstić information content (AvgIpc) is 2.79. The van der Waals surface area contributed by atoms with Crippen molar-refractivity contribution in [3.8, 4) is 11.5 Å². The molecule has 0 aliphatic heterocycles. The van der Waals surface area contributed by atoms with E-state index >= 15 is 0 Å². The molecule has 82 valence electrons. The summed E-state index contributed by atoms with van der Waals surface area (Å²) in [6.45, 7) is 2.00. The Bertz CT molecular complexity index is 482. The minimum atomic E-state index is -0.543. The van der Waals surface area contributed by atoms with E-state index in [-0.39, 0.29) is 12.3 Å². The average molecular weight is 219 g/mol. The number of nitrogens with zero attached hydrogens (tertiary/aromatic N) is 4. The summed E-state index contributed by atoms with van der Waals surface area (Å²) < 4.78 is 4.83. The molecular formula is C9H9N5O2. The van der Waals surface area contributed by atoms with Crippen LogP contribution in [0.1, 0.15) is 17.4 Å².